The minimum Gasteiger partial charge on any atom is -0.496 e. The minimum absolute atomic E-state index is 0.836. The highest BCUT2D eigenvalue weighted by Gasteiger charge is 2.30. The van der Waals surface area contributed by atoms with E-state index in [0.29, 0.717) is 0 Å². The van der Waals surface area contributed by atoms with E-state index in [1.54, 1.807) is 14.2 Å². The molecule has 0 bridgehead atoms. The average Bonchev–Trinajstić information content (AvgIpc) is 3.35. The van der Waals surface area contributed by atoms with Crippen LogP contribution in [0.25, 0.3) is 0 Å². The molecule has 62 heavy (non-hydrogen) atoms. The number of benzene rings is 9. The van der Waals surface area contributed by atoms with E-state index in [9.17, 15) is 0 Å². The Morgan fingerprint density at radius 3 is 0.500 bits per heavy atom. The van der Waals surface area contributed by atoms with Gasteiger partial charge in [-0.25, -0.2) is 0 Å². The second-order valence-corrected chi connectivity index (χ2v) is 15.2. The van der Waals surface area contributed by atoms with Crippen molar-refractivity contribution in [3.8, 4) is 11.5 Å². The van der Waals surface area contributed by atoms with Crippen LogP contribution in [0.1, 0.15) is 66.8 Å². The van der Waals surface area contributed by atoms with Gasteiger partial charge in [0.05, 0.1) is 105 Å². The summed E-state index contributed by atoms with van der Waals surface area (Å²) in [4.78, 5) is 0. The predicted octanol–water partition coefficient (Wildman–Crippen LogP) is 13.8. The lowest BCUT2D eigenvalue weighted by Gasteiger charge is -2.17. The Kier molecular flexibility index (Phi) is 11.8. The van der Waals surface area contributed by atoms with Crippen molar-refractivity contribution in [2.45, 2.75) is 0 Å². The molecule has 0 heterocycles. The van der Waals surface area contributed by atoms with Gasteiger partial charge in [0.25, 0.3) is 0 Å². The van der Waals surface area contributed by atoms with Crippen LogP contribution in [0.3, 0.4) is 0 Å². The van der Waals surface area contributed by atoms with Crippen molar-refractivity contribution >= 4 is 0 Å². The van der Waals surface area contributed by atoms with Gasteiger partial charge in [-0.2, -0.15) is 0 Å². The highest BCUT2D eigenvalue weighted by Crippen LogP contribution is 2.39. The van der Waals surface area contributed by atoms with Crippen LogP contribution in [0.4, 0.5) is 0 Å². The molecule has 0 saturated carbocycles. The minimum atomic E-state index is 0.836. The topological polar surface area (TPSA) is 18.5 Å². The van der Waals surface area contributed by atoms with Crippen molar-refractivity contribution in [1.29, 1.82) is 0 Å². The lowest BCUT2D eigenvalue weighted by atomic mass is 9.79. The molecule has 2 heteroatoms. The van der Waals surface area contributed by atoms with Crippen LogP contribution in [0, 0.1) is 23.7 Å². The maximum Gasteiger partial charge on any atom is 0.129 e. The third-order valence-electron chi connectivity index (χ3n) is 11.4. The summed E-state index contributed by atoms with van der Waals surface area (Å²) in [6, 6.07) is 86.4. The quantitative estimate of drug-likeness (QED) is 0.0806. The molecule has 0 aromatic heterocycles. The van der Waals surface area contributed by atoms with E-state index < -0.39 is 0 Å². The van der Waals surface area contributed by atoms with E-state index in [1.165, 1.54) is 34.4 Å². The second-order valence-electron chi connectivity index (χ2n) is 15.2. The number of hydrogen-bond donors (Lipinski definition) is 0. The third kappa shape index (κ3) is 8.54. The fraction of sp³-hybridized carbons (Fsp3) is 0.0333. The Hall–Kier alpha value is -7.94. The van der Waals surface area contributed by atoms with Gasteiger partial charge < -0.3 is 9.47 Å². The Labute approximate surface area is 366 Å². The fourth-order valence-electron chi connectivity index (χ4n) is 8.35. The Balaban J connectivity index is 1.13. The van der Waals surface area contributed by atoms with E-state index in [1.807, 2.05) is 24.3 Å². The van der Waals surface area contributed by atoms with Crippen LogP contribution in [0.15, 0.2) is 243 Å². The highest BCUT2D eigenvalue weighted by molar-refractivity contribution is 5.65. The normalized spacial score (nSPS) is 10.7. The highest BCUT2D eigenvalue weighted by atomic mass is 16.5. The van der Waals surface area contributed by atoms with Crippen LogP contribution in [-0.2, 0) is 0 Å². The van der Waals surface area contributed by atoms with Gasteiger partial charge in [0.15, 0.2) is 0 Å². The molecule has 0 aliphatic rings. The first-order valence-corrected chi connectivity index (χ1v) is 21.0. The SMILES string of the molecule is COc1ccc([C+](c2ccccc2)c2ccc([C+](c3ccc([C+](c4ccccc4)c4ccccc4)cc3)c3ccc([C+](c4ccccc4)c4ccc(OC)cc4)cc3)cc2)cc1. The molecule has 9 aromatic carbocycles. The smallest absolute Gasteiger partial charge is 0.129 e. The number of hydrogen-bond acceptors (Lipinski definition) is 2. The molecule has 0 saturated heterocycles. The van der Waals surface area contributed by atoms with Crippen molar-refractivity contribution in [3.05, 3.63) is 333 Å². The van der Waals surface area contributed by atoms with Crippen LogP contribution < -0.4 is 9.47 Å². The molecule has 0 unspecified atom stereocenters. The summed E-state index contributed by atoms with van der Waals surface area (Å²) >= 11 is 0. The molecule has 0 aliphatic heterocycles. The van der Waals surface area contributed by atoms with Gasteiger partial charge in [-0.15, -0.1) is 0 Å². The lowest BCUT2D eigenvalue weighted by molar-refractivity contribution is 0.414. The Morgan fingerprint density at radius 1 is 0.194 bits per heavy atom. The zero-order valence-corrected chi connectivity index (χ0v) is 34.9. The van der Waals surface area contributed by atoms with Gasteiger partial charge in [0.1, 0.15) is 11.5 Å². The van der Waals surface area contributed by atoms with Crippen molar-refractivity contribution in [3.63, 3.8) is 0 Å². The van der Waals surface area contributed by atoms with E-state index in [4.69, 9.17) is 9.47 Å². The molecule has 9 rings (SSSR count). The number of rotatable bonds is 14. The lowest BCUT2D eigenvalue weighted by Crippen LogP contribution is -2.09. The van der Waals surface area contributed by atoms with E-state index in [2.05, 4.69) is 218 Å². The second kappa shape index (κ2) is 18.5. The molecular weight excluding hydrogens is 753 g/mol. The molecule has 0 N–H and O–H groups in total. The van der Waals surface area contributed by atoms with Crippen molar-refractivity contribution in [2.24, 2.45) is 0 Å². The van der Waals surface area contributed by atoms with Gasteiger partial charge in [-0.3, -0.25) is 0 Å². The standard InChI is InChI=1S/C60H46O2/c1-61-55-39-35-53(36-40-55)58(45-19-11-5-12-20-45)48-25-31-51(32-26-48)60(50-29-23-47(24-30-50)57(43-15-7-3-8-16-43)44-17-9-4-10-18-44)52-33-27-49(28-34-52)59(46-21-13-6-14-22-46)54-37-41-56(62-2)42-38-54/h3-42H,1-2H3/q+4. The fourth-order valence-corrected chi connectivity index (χ4v) is 8.35. The Bertz CT molecular complexity index is 2570. The summed E-state index contributed by atoms with van der Waals surface area (Å²) in [5.74, 6) is 6.38. The van der Waals surface area contributed by atoms with Gasteiger partial charge >= 0.3 is 0 Å². The van der Waals surface area contributed by atoms with Crippen LogP contribution in [-0.4, -0.2) is 14.2 Å². The summed E-state index contributed by atoms with van der Waals surface area (Å²) in [6.07, 6.45) is 0. The van der Waals surface area contributed by atoms with Crippen molar-refractivity contribution in [1.82, 2.24) is 0 Å². The molecule has 0 aliphatic carbocycles. The molecule has 0 radical (unpaired) electrons. The maximum absolute atomic E-state index is 5.51. The first-order chi connectivity index (χ1) is 30.7. The molecule has 294 valence electrons. The van der Waals surface area contributed by atoms with Crippen molar-refractivity contribution in [2.75, 3.05) is 14.2 Å². The Morgan fingerprint density at radius 2 is 0.339 bits per heavy atom. The summed E-state index contributed by atoms with van der Waals surface area (Å²) in [7, 11) is 3.41. The summed E-state index contributed by atoms with van der Waals surface area (Å²) in [5, 5.41) is 0. The molecule has 0 atom stereocenters. The molecule has 0 amide bonds. The van der Waals surface area contributed by atoms with Gasteiger partial charge in [-0.1, -0.05) is 24.3 Å². The van der Waals surface area contributed by atoms with Gasteiger partial charge in [0, 0.05) is 97.1 Å². The maximum atomic E-state index is 5.51. The molecule has 2 nitrogen and oxygen atoms in total. The van der Waals surface area contributed by atoms with Gasteiger partial charge in [-0.05, 0) is 121 Å². The monoisotopic (exact) mass is 798 g/mol. The summed E-state index contributed by atoms with van der Waals surface area (Å²) in [6.45, 7) is 0. The summed E-state index contributed by atoms with van der Waals surface area (Å²) < 4.78 is 11.0. The predicted molar refractivity (Wildman–Crippen MR) is 253 cm³/mol. The number of methoxy groups -OCH3 is 2. The molecule has 0 spiro atoms. The zero-order valence-electron chi connectivity index (χ0n) is 34.9. The third-order valence-corrected chi connectivity index (χ3v) is 11.4. The van der Waals surface area contributed by atoms with Crippen LogP contribution >= 0.6 is 0 Å². The van der Waals surface area contributed by atoms with E-state index in [-0.39, 0.29) is 0 Å². The first kappa shape index (κ1) is 39.5. The first-order valence-electron chi connectivity index (χ1n) is 21.0. The zero-order chi connectivity index (χ0) is 42.1. The largest absolute Gasteiger partial charge is 0.496 e. The van der Waals surface area contributed by atoms with Crippen molar-refractivity contribution < 1.29 is 9.47 Å². The molecule has 0 fully saturated rings. The van der Waals surface area contributed by atoms with Crippen LogP contribution in [0.2, 0.25) is 0 Å². The van der Waals surface area contributed by atoms with E-state index >= 15 is 0 Å². The van der Waals surface area contributed by atoms with Gasteiger partial charge in [0.2, 0.25) is 0 Å². The van der Waals surface area contributed by atoms with E-state index in [0.717, 1.165) is 67.5 Å². The molecular formula is C60H46O2+4. The number of ether oxygens (including phenoxy) is 2. The van der Waals surface area contributed by atoms with Crippen LogP contribution in [0.5, 0.6) is 11.5 Å². The summed E-state index contributed by atoms with van der Waals surface area (Å²) in [5.41, 5.74) is 13.8. The molecule has 9 aromatic rings. The average molecular weight is 799 g/mol.